The number of ether oxygens (including phenoxy) is 1. The van der Waals surface area contributed by atoms with Crippen molar-refractivity contribution in [3.63, 3.8) is 0 Å². The first kappa shape index (κ1) is 27.4. The zero-order chi connectivity index (χ0) is 27.6. The molecule has 0 radical (unpaired) electrons. The molecule has 0 heterocycles. The lowest BCUT2D eigenvalue weighted by atomic mass is 10.0. The van der Waals surface area contributed by atoms with E-state index in [1.165, 1.54) is 31.4 Å². The predicted octanol–water partition coefficient (Wildman–Crippen LogP) is 5.96. The minimum Gasteiger partial charge on any atom is -0.497 e. The molecule has 4 aromatic rings. The lowest BCUT2D eigenvalue weighted by Gasteiger charge is -2.23. The summed E-state index contributed by atoms with van der Waals surface area (Å²) < 4.78 is 98.7. The molecule has 0 amide bonds. The van der Waals surface area contributed by atoms with Gasteiger partial charge in [0.15, 0.2) is 0 Å². The normalized spacial score (nSPS) is 12.4. The number of hydrogen-bond donors (Lipinski definition) is 0. The van der Waals surface area contributed by atoms with E-state index in [4.69, 9.17) is 4.74 Å². The molecule has 11 heteroatoms. The second-order valence-electron chi connectivity index (χ2n) is 8.20. The van der Waals surface area contributed by atoms with Gasteiger partial charge in [0.05, 0.1) is 29.0 Å². The van der Waals surface area contributed by atoms with Crippen LogP contribution in [0.3, 0.4) is 0 Å². The Balaban J connectivity index is 1.76. The molecule has 0 saturated carbocycles. The predicted molar refractivity (Wildman–Crippen MR) is 136 cm³/mol. The molecule has 0 atom stereocenters. The van der Waals surface area contributed by atoms with Crippen molar-refractivity contribution in [1.82, 2.24) is 3.71 Å². The van der Waals surface area contributed by atoms with Crippen LogP contribution in [0.2, 0.25) is 0 Å². The van der Waals surface area contributed by atoms with Crippen LogP contribution in [0.15, 0.2) is 113 Å². The van der Waals surface area contributed by atoms with Crippen LogP contribution in [0.4, 0.5) is 13.2 Å². The van der Waals surface area contributed by atoms with Gasteiger partial charge in [-0.2, -0.15) is 13.2 Å². The summed E-state index contributed by atoms with van der Waals surface area (Å²) in [4.78, 5) is -0.918. The van der Waals surface area contributed by atoms with Gasteiger partial charge < -0.3 is 4.74 Å². The maximum absolute atomic E-state index is 13.6. The molecule has 0 aromatic heterocycles. The highest BCUT2D eigenvalue weighted by Gasteiger charge is 2.38. The molecule has 0 aliphatic heterocycles. The molecule has 4 aromatic carbocycles. The number of rotatable bonds is 8. The average molecular weight is 562 g/mol. The van der Waals surface area contributed by atoms with Crippen LogP contribution in [0.25, 0.3) is 11.1 Å². The second kappa shape index (κ2) is 10.6. The van der Waals surface area contributed by atoms with E-state index in [0.717, 1.165) is 23.3 Å². The summed E-state index contributed by atoms with van der Waals surface area (Å²) >= 11 is 0. The average Bonchev–Trinajstić information content (AvgIpc) is 2.92. The van der Waals surface area contributed by atoms with Gasteiger partial charge in [-0.15, -0.1) is 0 Å². The van der Waals surface area contributed by atoms with Crippen molar-refractivity contribution >= 4 is 20.0 Å². The fourth-order valence-electron chi connectivity index (χ4n) is 3.68. The fourth-order valence-corrected chi connectivity index (χ4v) is 7.30. The van der Waals surface area contributed by atoms with Gasteiger partial charge in [0.2, 0.25) is 0 Å². The Morgan fingerprint density at radius 2 is 1.13 bits per heavy atom. The first-order valence-electron chi connectivity index (χ1n) is 11.2. The fraction of sp³-hybridized carbons (Fsp3) is 0.111. The monoisotopic (exact) mass is 561 g/mol. The zero-order valence-corrected chi connectivity index (χ0v) is 21.6. The van der Waals surface area contributed by atoms with Crippen LogP contribution in [0.5, 0.6) is 5.75 Å². The van der Waals surface area contributed by atoms with Crippen LogP contribution < -0.4 is 4.74 Å². The van der Waals surface area contributed by atoms with E-state index in [1.54, 1.807) is 24.3 Å². The van der Waals surface area contributed by atoms with Crippen molar-refractivity contribution in [2.45, 2.75) is 22.5 Å². The van der Waals surface area contributed by atoms with Crippen LogP contribution >= 0.6 is 0 Å². The number of hydrogen-bond acceptors (Lipinski definition) is 5. The third-order valence-electron chi connectivity index (χ3n) is 5.75. The minimum atomic E-state index is -4.80. The Bertz CT molecular complexity index is 1600. The molecule has 198 valence electrons. The van der Waals surface area contributed by atoms with Crippen molar-refractivity contribution < 1.29 is 34.7 Å². The summed E-state index contributed by atoms with van der Waals surface area (Å²) in [5.41, 5.74) is 1.05. The molecule has 0 aliphatic rings. The van der Waals surface area contributed by atoms with Crippen molar-refractivity contribution in [2.75, 3.05) is 7.11 Å². The quantitative estimate of drug-likeness (QED) is 0.265. The number of halogens is 3. The van der Waals surface area contributed by atoms with E-state index in [2.05, 4.69) is 0 Å². The van der Waals surface area contributed by atoms with Crippen molar-refractivity contribution in [1.29, 1.82) is 0 Å². The molecule has 0 spiro atoms. The van der Waals surface area contributed by atoms with Crippen LogP contribution in [0.1, 0.15) is 11.1 Å². The molecule has 0 N–H and O–H groups in total. The minimum absolute atomic E-state index is 0.294. The van der Waals surface area contributed by atoms with Crippen molar-refractivity contribution in [3.05, 3.63) is 114 Å². The largest absolute Gasteiger partial charge is 0.497 e. The number of nitrogens with zero attached hydrogens (tertiary/aromatic N) is 1. The van der Waals surface area contributed by atoms with E-state index in [0.29, 0.717) is 27.2 Å². The first-order valence-corrected chi connectivity index (χ1v) is 14.0. The molecule has 0 unspecified atom stereocenters. The molecule has 0 saturated heterocycles. The van der Waals surface area contributed by atoms with E-state index in [1.807, 2.05) is 30.3 Å². The van der Waals surface area contributed by atoms with E-state index >= 15 is 0 Å². The van der Waals surface area contributed by atoms with Crippen LogP contribution in [-0.4, -0.2) is 27.7 Å². The number of sulfonamides is 2. The molecule has 0 bridgehead atoms. The number of benzene rings is 4. The maximum atomic E-state index is 13.6. The highest BCUT2D eigenvalue weighted by Crippen LogP contribution is 2.32. The summed E-state index contributed by atoms with van der Waals surface area (Å²) in [6, 6.07) is 23.8. The molecule has 38 heavy (non-hydrogen) atoms. The molecule has 4 rings (SSSR count). The van der Waals surface area contributed by atoms with E-state index < -0.39 is 43.2 Å². The summed E-state index contributed by atoms with van der Waals surface area (Å²) in [5.74, 6) is 0.359. The first-order chi connectivity index (χ1) is 17.9. The summed E-state index contributed by atoms with van der Waals surface area (Å²) in [5, 5.41) is 0. The van der Waals surface area contributed by atoms with Gasteiger partial charge in [-0.25, -0.2) is 16.8 Å². The highest BCUT2D eigenvalue weighted by molar-refractivity contribution is 8.04. The Morgan fingerprint density at radius 1 is 0.658 bits per heavy atom. The molecule has 6 nitrogen and oxygen atoms in total. The van der Waals surface area contributed by atoms with E-state index in [9.17, 15) is 30.0 Å². The molecule has 0 fully saturated rings. The van der Waals surface area contributed by atoms with Gasteiger partial charge in [-0.1, -0.05) is 58.3 Å². The Kier molecular flexibility index (Phi) is 7.63. The number of alkyl halides is 3. The Labute approximate surface area is 219 Å². The zero-order valence-electron chi connectivity index (χ0n) is 20.0. The van der Waals surface area contributed by atoms with Gasteiger partial charge in [-0.3, -0.25) is 0 Å². The van der Waals surface area contributed by atoms with Gasteiger partial charge in [-0.05, 0) is 65.2 Å². The standard InChI is InChI=1S/C27H22F3NO5S2/c1-36-24-13-17-26(18-14-24)38(34,35)31(37(32,33)25-15-11-23(12-16-25)27(28,29)30)19-20-7-9-22(10-8-20)21-5-3-2-4-6-21/h2-18H,19H2,1H3. The topological polar surface area (TPSA) is 80.8 Å². The molecular formula is C27H22F3NO5S2. The van der Waals surface area contributed by atoms with Crippen molar-refractivity contribution in [3.8, 4) is 16.9 Å². The summed E-state index contributed by atoms with van der Waals surface area (Å²) in [6.45, 7) is -0.577. The smallest absolute Gasteiger partial charge is 0.416 e. The van der Waals surface area contributed by atoms with Gasteiger partial charge >= 0.3 is 6.18 Å². The van der Waals surface area contributed by atoms with Gasteiger partial charge in [0, 0.05) is 0 Å². The van der Waals surface area contributed by atoms with Gasteiger partial charge in [0.25, 0.3) is 20.0 Å². The van der Waals surface area contributed by atoms with E-state index in [-0.39, 0.29) is 4.90 Å². The maximum Gasteiger partial charge on any atom is 0.416 e. The second-order valence-corrected chi connectivity index (χ2v) is 12.2. The third kappa shape index (κ3) is 5.74. The lowest BCUT2D eigenvalue weighted by Crippen LogP contribution is -2.36. The molecule has 0 aliphatic carbocycles. The Hall–Kier alpha value is -3.67. The summed E-state index contributed by atoms with van der Waals surface area (Å²) in [7, 11) is -8.07. The van der Waals surface area contributed by atoms with Crippen molar-refractivity contribution in [2.24, 2.45) is 0 Å². The van der Waals surface area contributed by atoms with Gasteiger partial charge in [0.1, 0.15) is 5.75 Å². The highest BCUT2D eigenvalue weighted by atomic mass is 32.3. The third-order valence-corrected chi connectivity index (χ3v) is 9.99. The SMILES string of the molecule is COc1ccc(S(=O)(=O)N(Cc2ccc(-c3ccccc3)cc2)S(=O)(=O)c2ccc(C(F)(F)F)cc2)cc1. The summed E-state index contributed by atoms with van der Waals surface area (Å²) in [6.07, 6.45) is -4.68. The Morgan fingerprint density at radius 3 is 1.61 bits per heavy atom. The van der Waals surface area contributed by atoms with Crippen LogP contribution in [-0.2, 0) is 32.8 Å². The van der Waals surface area contributed by atoms with Crippen LogP contribution in [0, 0.1) is 0 Å². The lowest BCUT2D eigenvalue weighted by molar-refractivity contribution is -0.137. The molecular weight excluding hydrogens is 539 g/mol. The number of methoxy groups -OCH3 is 1.